The van der Waals surface area contributed by atoms with Gasteiger partial charge in [0.15, 0.2) is 0 Å². The summed E-state index contributed by atoms with van der Waals surface area (Å²) in [6, 6.07) is 7.95. The van der Waals surface area contributed by atoms with Gasteiger partial charge in [0.05, 0.1) is 17.2 Å². The van der Waals surface area contributed by atoms with Crippen LogP contribution in [0.5, 0.6) is 0 Å². The van der Waals surface area contributed by atoms with Gasteiger partial charge in [0.25, 0.3) is 0 Å². The molecule has 0 bridgehead atoms. The number of aromatic nitrogens is 2. The van der Waals surface area contributed by atoms with Crippen molar-refractivity contribution in [2.24, 2.45) is 0 Å². The van der Waals surface area contributed by atoms with E-state index in [-0.39, 0.29) is 11.9 Å². The van der Waals surface area contributed by atoms with Gasteiger partial charge in [-0.25, -0.2) is 4.98 Å². The number of hydrogen-bond donors (Lipinski definition) is 1. The third-order valence-corrected chi connectivity index (χ3v) is 3.42. The number of fused-ring (bicyclic) bond motifs is 1. The number of nitrogens with one attached hydrogen (secondary N) is 1. The second-order valence-corrected chi connectivity index (χ2v) is 4.81. The lowest BCUT2D eigenvalue weighted by atomic mass is 10.2. The number of anilines is 1. The predicted octanol–water partition coefficient (Wildman–Crippen LogP) is 1.34. The minimum atomic E-state index is 0.101. The Labute approximate surface area is 111 Å². The molecule has 1 N–H and O–H groups in total. The molecule has 1 amide bonds. The summed E-state index contributed by atoms with van der Waals surface area (Å²) in [5, 5.41) is 2.88. The van der Waals surface area contributed by atoms with E-state index in [9.17, 15) is 4.79 Å². The first-order valence-electron chi connectivity index (χ1n) is 6.49. The van der Waals surface area contributed by atoms with Crippen molar-refractivity contribution in [1.82, 2.24) is 15.3 Å². The summed E-state index contributed by atoms with van der Waals surface area (Å²) in [5.41, 5.74) is 1.78. The molecule has 3 rings (SSSR count). The lowest BCUT2D eigenvalue weighted by molar-refractivity contribution is -0.120. The molecule has 1 aromatic carbocycles. The van der Waals surface area contributed by atoms with Crippen molar-refractivity contribution in [3.05, 3.63) is 30.5 Å². The van der Waals surface area contributed by atoms with E-state index in [0.29, 0.717) is 13.0 Å². The average molecular weight is 256 g/mol. The van der Waals surface area contributed by atoms with Crippen LogP contribution in [0.2, 0.25) is 0 Å². The average Bonchev–Trinajstić information content (AvgIpc) is 2.59. The van der Waals surface area contributed by atoms with E-state index in [1.807, 2.05) is 31.2 Å². The van der Waals surface area contributed by atoms with Crippen molar-refractivity contribution in [2.75, 3.05) is 18.0 Å². The van der Waals surface area contributed by atoms with Crippen molar-refractivity contribution in [3.63, 3.8) is 0 Å². The SMILES string of the molecule is C[C@H]1CC(=O)NCCN1c1cnc2ccccc2n1. The molecule has 1 aliphatic rings. The first kappa shape index (κ1) is 11.9. The fourth-order valence-electron chi connectivity index (χ4n) is 2.41. The highest BCUT2D eigenvalue weighted by atomic mass is 16.1. The zero-order valence-electron chi connectivity index (χ0n) is 10.8. The molecule has 98 valence electrons. The van der Waals surface area contributed by atoms with E-state index < -0.39 is 0 Å². The number of rotatable bonds is 1. The number of nitrogens with zero attached hydrogens (tertiary/aromatic N) is 3. The van der Waals surface area contributed by atoms with Crippen LogP contribution in [0.1, 0.15) is 13.3 Å². The second kappa shape index (κ2) is 4.84. The third kappa shape index (κ3) is 2.36. The number of amides is 1. The zero-order valence-corrected chi connectivity index (χ0v) is 10.8. The Morgan fingerprint density at radius 2 is 2.11 bits per heavy atom. The lowest BCUT2D eigenvalue weighted by Gasteiger charge is -2.27. The monoisotopic (exact) mass is 256 g/mol. The van der Waals surface area contributed by atoms with Gasteiger partial charge in [0.2, 0.25) is 5.91 Å². The van der Waals surface area contributed by atoms with Crippen LogP contribution >= 0.6 is 0 Å². The van der Waals surface area contributed by atoms with E-state index in [0.717, 1.165) is 23.4 Å². The first-order valence-corrected chi connectivity index (χ1v) is 6.49. The van der Waals surface area contributed by atoms with Crippen molar-refractivity contribution < 1.29 is 4.79 Å². The lowest BCUT2D eigenvalue weighted by Crippen LogP contribution is -2.35. The Morgan fingerprint density at radius 3 is 2.95 bits per heavy atom. The maximum atomic E-state index is 11.5. The van der Waals surface area contributed by atoms with E-state index in [4.69, 9.17) is 0 Å². The molecule has 2 heterocycles. The summed E-state index contributed by atoms with van der Waals surface area (Å²) in [7, 11) is 0. The highest BCUT2D eigenvalue weighted by Crippen LogP contribution is 2.19. The molecule has 1 aromatic heterocycles. The molecule has 19 heavy (non-hydrogen) atoms. The van der Waals surface area contributed by atoms with Crippen LogP contribution in [0.15, 0.2) is 30.5 Å². The van der Waals surface area contributed by atoms with E-state index in [1.165, 1.54) is 0 Å². The standard InChI is InChI=1S/C14H16N4O/c1-10-8-14(19)15-6-7-18(10)13-9-16-11-4-2-3-5-12(11)17-13/h2-5,9-10H,6-8H2,1H3,(H,15,19)/t10-/m0/s1. The smallest absolute Gasteiger partial charge is 0.222 e. The third-order valence-electron chi connectivity index (χ3n) is 3.42. The van der Waals surface area contributed by atoms with Crippen LogP contribution in [0, 0.1) is 0 Å². The highest BCUT2D eigenvalue weighted by molar-refractivity contribution is 5.78. The van der Waals surface area contributed by atoms with Crippen molar-refractivity contribution in [3.8, 4) is 0 Å². The maximum absolute atomic E-state index is 11.5. The van der Waals surface area contributed by atoms with Gasteiger partial charge >= 0.3 is 0 Å². The fraction of sp³-hybridized carbons (Fsp3) is 0.357. The maximum Gasteiger partial charge on any atom is 0.222 e. The summed E-state index contributed by atoms with van der Waals surface area (Å²) < 4.78 is 0. The molecule has 5 heteroatoms. The van der Waals surface area contributed by atoms with Crippen LogP contribution < -0.4 is 10.2 Å². The summed E-state index contributed by atoms with van der Waals surface area (Å²) >= 11 is 0. The molecule has 1 aliphatic heterocycles. The Bertz CT molecular complexity index is 613. The van der Waals surface area contributed by atoms with Crippen LogP contribution in [-0.4, -0.2) is 35.0 Å². The molecule has 1 atom stereocenters. The number of carbonyl (C=O) groups excluding carboxylic acids is 1. The molecule has 0 unspecified atom stereocenters. The molecule has 1 saturated heterocycles. The van der Waals surface area contributed by atoms with Gasteiger partial charge in [-0.1, -0.05) is 12.1 Å². The van der Waals surface area contributed by atoms with E-state index in [1.54, 1.807) is 6.20 Å². The molecule has 2 aromatic rings. The van der Waals surface area contributed by atoms with Gasteiger partial charge in [-0.3, -0.25) is 9.78 Å². The van der Waals surface area contributed by atoms with Gasteiger partial charge in [-0.15, -0.1) is 0 Å². The van der Waals surface area contributed by atoms with Crippen molar-refractivity contribution in [2.45, 2.75) is 19.4 Å². The minimum absolute atomic E-state index is 0.101. The Morgan fingerprint density at radius 1 is 1.32 bits per heavy atom. The topological polar surface area (TPSA) is 58.1 Å². The van der Waals surface area contributed by atoms with Gasteiger partial charge < -0.3 is 10.2 Å². The second-order valence-electron chi connectivity index (χ2n) is 4.81. The predicted molar refractivity (Wildman–Crippen MR) is 74.0 cm³/mol. The fourth-order valence-corrected chi connectivity index (χ4v) is 2.41. The Hall–Kier alpha value is -2.17. The van der Waals surface area contributed by atoms with Crippen LogP contribution in [0.25, 0.3) is 11.0 Å². The summed E-state index contributed by atoms with van der Waals surface area (Å²) in [6.45, 7) is 3.46. The number of hydrogen-bond acceptors (Lipinski definition) is 4. The summed E-state index contributed by atoms with van der Waals surface area (Å²) in [4.78, 5) is 22.7. The van der Waals surface area contributed by atoms with Crippen molar-refractivity contribution in [1.29, 1.82) is 0 Å². The normalized spacial score (nSPS) is 20.2. The van der Waals surface area contributed by atoms with Crippen LogP contribution in [0.4, 0.5) is 5.82 Å². The molecule has 0 spiro atoms. The quantitative estimate of drug-likeness (QED) is 0.836. The van der Waals surface area contributed by atoms with Crippen molar-refractivity contribution >= 4 is 22.8 Å². The molecule has 0 aliphatic carbocycles. The van der Waals surface area contributed by atoms with E-state index in [2.05, 4.69) is 20.2 Å². The van der Waals surface area contributed by atoms with Crippen LogP contribution in [-0.2, 0) is 4.79 Å². The van der Waals surface area contributed by atoms with Gasteiger partial charge in [-0.05, 0) is 19.1 Å². The number of benzene rings is 1. The first-order chi connectivity index (χ1) is 9.24. The molecule has 5 nitrogen and oxygen atoms in total. The molecular weight excluding hydrogens is 240 g/mol. The largest absolute Gasteiger partial charge is 0.354 e. The summed E-state index contributed by atoms with van der Waals surface area (Å²) in [5.74, 6) is 0.937. The van der Waals surface area contributed by atoms with Gasteiger partial charge in [-0.2, -0.15) is 0 Å². The van der Waals surface area contributed by atoms with Gasteiger partial charge in [0, 0.05) is 25.6 Å². The molecule has 1 fully saturated rings. The summed E-state index contributed by atoms with van der Waals surface area (Å²) in [6.07, 6.45) is 2.28. The Balaban J connectivity index is 1.96. The number of para-hydroxylation sites is 2. The van der Waals surface area contributed by atoms with E-state index >= 15 is 0 Å². The van der Waals surface area contributed by atoms with Crippen LogP contribution in [0.3, 0.4) is 0 Å². The number of carbonyl (C=O) groups is 1. The Kier molecular flexibility index (Phi) is 3.03. The molecule has 0 radical (unpaired) electrons. The highest BCUT2D eigenvalue weighted by Gasteiger charge is 2.22. The minimum Gasteiger partial charge on any atom is -0.354 e. The van der Waals surface area contributed by atoms with Gasteiger partial charge in [0.1, 0.15) is 5.82 Å². The molecular formula is C14H16N4O. The molecule has 0 saturated carbocycles. The zero-order chi connectivity index (χ0) is 13.2.